The van der Waals surface area contributed by atoms with Crippen LogP contribution >= 0.6 is 0 Å². The Labute approximate surface area is 102 Å². The summed E-state index contributed by atoms with van der Waals surface area (Å²) in [6, 6.07) is 6.27. The van der Waals surface area contributed by atoms with Gasteiger partial charge in [0.1, 0.15) is 5.82 Å². The standard InChI is InChI=1S/C15H18N2/c1-4-6-7-12(5-2)15-16-13-9-8-11(3)10-14(13)17-15/h5-10H,4H2,1-3H3,(H,16,17)/b7-6-,12-5+. The van der Waals surface area contributed by atoms with Crippen LogP contribution < -0.4 is 0 Å². The first kappa shape index (κ1) is 11.6. The molecule has 0 aliphatic rings. The average Bonchev–Trinajstić information content (AvgIpc) is 2.72. The molecular weight excluding hydrogens is 208 g/mol. The van der Waals surface area contributed by atoms with Crippen LogP contribution in [0.3, 0.4) is 0 Å². The predicted octanol–water partition coefficient (Wildman–Crippen LogP) is 4.24. The molecule has 0 aliphatic heterocycles. The fourth-order valence-corrected chi connectivity index (χ4v) is 1.82. The lowest BCUT2D eigenvalue weighted by molar-refractivity contribution is 1.22. The van der Waals surface area contributed by atoms with Crippen molar-refractivity contribution in [1.29, 1.82) is 0 Å². The van der Waals surface area contributed by atoms with Gasteiger partial charge in [-0.15, -0.1) is 0 Å². The topological polar surface area (TPSA) is 28.7 Å². The molecule has 0 spiro atoms. The molecule has 1 N–H and O–H groups in total. The number of benzene rings is 1. The number of aromatic nitrogens is 2. The Hall–Kier alpha value is -1.83. The van der Waals surface area contributed by atoms with Gasteiger partial charge in [0, 0.05) is 5.57 Å². The average molecular weight is 226 g/mol. The molecule has 1 heterocycles. The van der Waals surface area contributed by atoms with Gasteiger partial charge in [-0.1, -0.05) is 31.2 Å². The summed E-state index contributed by atoms with van der Waals surface area (Å²) in [4.78, 5) is 7.97. The number of aryl methyl sites for hydroxylation is 1. The van der Waals surface area contributed by atoms with E-state index in [-0.39, 0.29) is 0 Å². The third-order valence-corrected chi connectivity index (χ3v) is 2.75. The van der Waals surface area contributed by atoms with Crippen molar-refractivity contribution >= 4 is 16.6 Å². The molecular formula is C15H18N2. The largest absolute Gasteiger partial charge is 0.338 e. The molecule has 2 nitrogen and oxygen atoms in total. The van der Waals surface area contributed by atoms with Crippen molar-refractivity contribution in [3.63, 3.8) is 0 Å². The van der Waals surface area contributed by atoms with Crippen LogP contribution in [0.5, 0.6) is 0 Å². The second-order valence-electron chi connectivity index (χ2n) is 4.16. The highest BCUT2D eigenvalue weighted by Gasteiger charge is 2.04. The van der Waals surface area contributed by atoms with Crippen LogP contribution in [0.4, 0.5) is 0 Å². The van der Waals surface area contributed by atoms with E-state index in [2.05, 4.69) is 60.2 Å². The summed E-state index contributed by atoms with van der Waals surface area (Å²) in [5.41, 5.74) is 4.51. The molecule has 2 rings (SSSR count). The molecule has 0 bridgehead atoms. The first-order valence-electron chi connectivity index (χ1n) is 6.04. The highest BCUT2D eigenvalue weighted by atomic mass is 14.9. The number of hydrogen-bond acceptors (Lipinski definition) is 1. The van der Waals surface area contributed by atoms with Crippen molar-refractivity contribution in [2.45, 2.75) is 27.2 Å². The first-order valence-corrected chi connectivity index (χ1v) is 6.04. The number of hydrogen-bond donors (Lipinski definition) is 1. The monoisotopic (exact) mass is 226 g/mol. The van der Waals surface area contributed by atoms with Crippen LogP contribution in [0, 0.1) is 6.92 Å². The van der Waals surface area contributed by atoms with E-state index in [4.69, 9.17) is 0 Å². The van der Waals surface area contributed by atoms with Crippen molar-refractivity contribution in [2.24, 2.45) is 0 Å². The number of nitrogens with zero attached hydrogens (tertiary/aromatic N) is 1. The Morgan fingerprint density at radius 2 is 2.24 bits per heavy atom. The minimum absolute atomic E-state index is 0.942. The van der Waals surface area contributed by atoms with E-state index in [0.717, 1.165) is 28.9 Å². The van der Waals surface area contributed by atoms with Gasteiger partial charge in [-0.05, 0) is 38.0 Å². The Morgan fingerprint density at radius 1 is 1.41 bits per heavy atom. The molecule has 2 heteroatoms. The van der Waals surface area contributed by atoms with Crippen LogP contribution in [0.2, 0.25) is 0 Å². The molecule has 0 saturated heterocycles. The number of aromatic amines is 1. The molecule has 0 atom stereocenters. The molecule has 0 amide bonds. The van der Waals surface area contributed by atoms with Gasteiger partial charge in [-0.25, -0.2) is 4.98 Å². The summed E-state index contributed by atoms with van der Waals surface area (Å²) in [6.07, 6.45) is 7.38. The van der Waals surface area contributed by atoms with Crippen molar-refractivity contribution in [1.82, 2.24) is 9.97 Å². The molecule has 88 valence electrons. The zero-order valence-corrected chi connectivity index (χ0v) is 10.6. The summed E-state index contributed by atoms with van der Waals surface area (Å²) in [7, 11) is 0. The van der Waals surface area contributed by atoms with Crippen molar-refractivity contribution in [2.75, 3.05) is 0 Å². The highest BCUT2D eigenvalue weighted by Crippen LogP contribution is 2.19. The molecule has 0 saturated carbocycles. The summed E-state index contributed by atoms with van der Waals surface area (Å²) < 4.78 is 0. The number of rotatable bonds is 3. The third-order valence-electron chi connectivity index (χ3n) is 2.75. The Kier molecular flexibility index (Phi) is 3.43. The molecule has 0 aliphatic carbocycles. The van der Waals surface area contributed by atoms with Crippen molar-refractivity contribution in [3.05, 3.63) is 47.8 Å². The Bertz CT molecular complexity index is 574. The van der Waals surface area contributed by atoms with E-state index in [1.54, 1.807) is 0 Å². The zero-order valence-electron chi connectivity index (χ0n) is 10.6. The lowest BCUT2D eigenvalue weighted by Crippen LogP contribution is -1.83. The van der Waals surface area contributed by atoms with Gasteiger partial charge in [0.25, 0.3) is 0 Å². The maximum Gasteiger partial charge on any atom is 0.138 e. The Balaban J connectivity index is 2.45. The first-order chi connectivity index (χ1) is 8.24. The molecule has 2 aromatic rings. The van der Waals surface area contributed by atoms with E-state index in [0.29, 0.717) is 0 Å². The molecule has 1 aromatic heterocycles. The van der Waals surface area contributed by atoms with Crippen LogP contribution in [-0.2, 0) is 0 Å². The van der Waals surface area contributed by atoms with E-state index in [1.807, 2.05) is 6.92 Å². The highest BCUT2D eigenvalue weighted by molar-refractivity contribution is 5.81. The van der Waals surface area contributed by atoms with Crippen LogP contribution in [0.25, 0.3) is 16.6 Å². The molecule has 0 unspecified atom stereocenters. The fraction of sp³-hybridized carbons (Fsp3) is 0.267. The lowest BCUT2D eigenvalue weighted by atomic mass is 10.2. The van der Waals surface area contributed by atoms with E-state index in [9.17, 15) is 0 Å². The second kappa shape index (κ2) is 5.00. The van der Waals surface area contributed by atoms with Gasteiger partial charge in [-0.3, -0.25) is 0 Å². The molecule has 1 aromatic carbocycles. The summed E-state index contributed by atoms with van der Waals surface area (Å²) >= 11 is 0. The van der Waals surface area contributed by atoms with Gasteiger partial charge in [0.05, 0.1) is 11.0 Å². The van der Waals surface area contributed by atoms with E-state index in [1.165, 1.54) is 5.56 Å². The smallest absolute Gasteiger partial charge is 0.138 e. The van der Waals surface area contributed by atoms with Gasteiger partial charge < -0.3 is 4.98 Å². The van der Waals surface area contributed by atoms with Crippen molar-refractivity contribution < 1.29 is 0 Å². The summed E-state index contributed by atoms with van der Waals surface area (Å²) in [5.74, 6) is 0.942. The number of imidazole rings is 1. The van der Waals surface area contributed by atoms with Gasteiger partial charge >= 0.3 is 0 Å². The molecule has 17 heavy (non-hydrogen) atoms. The minimum atomic E-state index is 0.942. The summed E-state index contributed by atoms with van der Waals surface area (Å²) in [5, 5.41) is 0. The van der Waals surface area contributed by atoms with Crippen molar-refractivity contribution in [3.8, 4) is 0 Å². The number of allylic oxidation sites excluding steroid dienone is 4. The van der Waals surface area contributed by atoms with E-state index >= 15 is 0 Å². The maximum atomic E-state index is 4.60. The van der Waals surface area contributed by atoms with Crippen LogP contribution in [0.1, 0.15) is 31.7 Å². The second-order valence-corrected chi connectivity index (χ2v) is 4.16. The fourth-order valence-electron chi connectivity index (χ4n) is 1.82. The zero-order chi connectivity index (χ0) is 12.3. The lowest BCUT2D eigenvalue weighted by Gasteiger charge is -1.94. The third kappa shape index (κ3) is 2.47. The predicted molar refractivity (Wildman–Crippen MR) is 73.9 cm³/mol. The van der Waals surface area contributed by atoms with E-state index < -0.39 is 0 Å². The molecule has 0 fully saturated rings. The maximum absolute atomic E-state index is 4.60. The minimum Gasteiger partial charge on any atom is -0.338 e. The number of fused-ring (bicyclic) bond motifs is 1. The SMILES string of the molecule is C/C=C(\C=C/CC)c1nc2ccc(C)cc2[nH]1. The quantitative estimate of drug-likeness (QED) is 0.779. The van der Waals surface area contributed by atoms with Crippen LogP contribution in [-0.4, -0.2) is 9.97 Å². The Morgan fingerprint density at radius 3 is 2.94 bits per heavy atom. The number of nitrogens with one attached hydrogen (secondary N) is 1. The van der Waals surface area contributed by atoms with Gasteiger partial charge in [0.15, 0.2) is 0 Å². The molecule has 0 radical (unpaired) electrons. The normalized spacial score (nSPS) is 12.8. The number of H-pyrrole nitrogens is 1. The van der Waals surface area contributed by atoms with Crippen LogP contribution in [0.15, 0.2) is 36.4 Å². The van der Waals surface area contributed by atoms with Gasteiger partial charge in [-0.2, -0.15) is 0 Å². The van der Waals surface area contributed by atoms with Gasteiger partial charge in [0.2, 0.25) is 0 Å². The summed E-state index contributed by atoms with van der Waals surface area (Å²) in [6.45, 7) is 6.26.